The number of nitrogens with two attached hydrogens (primary N) is 3. The quantitative estimate of drug-likeness (QED) is 0.581. The van der Waals surface area contributed by atoms with Crippen molar-refractivity contribution in [3.05, 3.63) is 34.9 Å². The third-order valence-electron chi connectivity index (χ3n) is 2.78. The molecule has 7 heteroatoms. The molecule has 0 spiro atoms. The van der Waals surface area contributed by atoms with Crippen molar-refractivity contribution in [2.45, 2.75) is 13.5 Å². The third kappa shape index (κ3) is 4.94. The van der Waals surface area contributed by atoms with Gasteiger partial charge in [-0.05, 0) is 24.1 Å². The lowest BCUT2D eigenvalue weighted by molar-refractivity contribution is -0.122. The van der Waals surface area contributed by atoms with Crippen molar-refractivity contribution in [1.82, 2.24) is 4.90 Å². The first-order valence-corrected chi connectivity index (χ1v) is 6.38. The lowest BCUT2D eigenvalue weighted by Crippen LogP contribution is -2.39. The summed E-state index contributed by atoms with van der Waals surface area (Å²) in [4.78, 5) is 23.9. The van der Waals surface area contributed by atoms with Gasteiger partial charge in [0.1, 0.15) is 4.99 Å². The Labute approximate surface area is 122 Å². The van der Waals surface area contributed by atoms with E-state index in [-0.39, 0.29) is 13.1 Å². The minimum Gasteiger partial charge on any atom is -0.389 e. The van der Waals surface area contributed by atoms with E-state index in [0.717, 1.165) is 16.7 Å². The van der Waals surface area contributed by atoms with Crippen LogP contribution in [0.15, 0.2) is 18.2 Å². The number of aryl methyl sites for hydroxylation is 1. The second kappa shape index (κ2) is 6.97. The summed E-state index contributed by atoms with van der Waals surface area (Å²) in [6, 6.07) is 5.53. The van der Waals surface area contributed by atoms with Crippen molar-refractivity contribution in [3.63, 3.8) is 0 Å². The Hall–Kier alpha value is -1.99. The van der Waals surface area contributed by atoms with Crippen molar-refractivity contribution in [2.24, 2.45) is 17.2 Å². The Morgan fingerprint density at radius 1 is 1.15 bits per heavy atom. The van der Waals surface area contributed by atoms with Crippen molar-refractivity contribution in [1.29, 1.82) is 0 Å². The molecule has 0 bridgehead atoms. The molecule has 0 heterocycles. The van der Waals surface area contributed by atoms with E-state index >= 15 is 0 Å². The van der Waals surface area contributed by atoms with Crippen LogP contribution in [0, 0.1) is 6.92 Å². The molecule has 1 aromatic carbocycles. The molecule has 0 atom stereocenters. The molecule has 0 aliphatic rings. The van der Waals surface area contributed by atoms with Gasteiger partial charge in [0.15, 0.2) is 0 Å². The van der Waals surface area contributed by atoms with Gasteiger partial charge < -0.3 is 17.2 Å². The number of nitrogens with zero attached hydrogens (tertiary/aromatic N) is 1. The van der Waals surface area contributed by atoms with Crippen LogP contribution >= 0.6 is 12.2 Å². The van der Waals surface area contributed by atoms with Crippen molar-refractivity contribution in [2.75, 3.05) is 13.1 Å². The van der Waals surface area contributed by atoms with Crippen LogP contribution in [-0.2, 0) is 16.1 Å². The molecule has 0 aromatic heterocycles. The number of primary amides is 2. The average molecular weight is 294 g/mol. The summed E-state index contributed by atoms with van der Waals surface area (Å²) in [5.74, 6) is -1.02. The number of hydrogen-bond acceptors (Lipinski definition) is 4. The first-order chi connectivity index (χ1) is 9.29. The van der Waals surface area contributed by atoms with Gasteiger partial charge in [-0.1, -0.05) is 24.4 Å². The fourth-order valence-corrected chi connectivity index (χ4v) is 2.00. The highest BCUT2D eigenvalue weighted by molar-refractivity contribution is 7.80. The predicted octanol–water partition coefficient (Wildman–Crippen LogP) is -0.598. The first-order valence-electron chi connectivity index (χ1n) is 5.98. The van der Waals surface area contributed by atoms with Gasteiger partial charge in [0.05, 0.1) is 13.1 Å². The Bertz CT molecular complexity index is 529. The van der Waals surface area contributed by atoms with Crippen LogP contribution in [0.4, 0.5) is 0 Å². The maximum atomic E-state index is 11.0. The van der Waals surface area contributed by atoms with Crippen molar-refractivity contribution in [3.8, 4) is 0 Å². The second-order valence-electron chi connectivity index (χ2n) is 4.58. The van der Waals surface area contributed by atoms with Crippen LogP contribution in [-0.4, -0.2) is 34.8 Å². The minimum absolute atomic E-state index is 0.0283. The number of amides is 2. The Morgan fingerprint density at radius 2 is 1.70 bits per heavy atom. The molecule has 0 unspecified atom stereocenters. The molecule has 108 valence electrons. The van der Waals surface area contributed by atoms with E-state index in [0.29, 0.717) is 11.5 Å². The van der Waals surface area contributed by atoms with E-state index < -0.39 is 11.8 Å². The molecule has 0 radical (unpaired) electrons. The second-order valence-corrected chi connectivity index (χ2v) is 5.02. The summed E-state index contributed by atoms with van der Waals surface area (Å²) in [6.45, 7) is 2.25. The smallest absolute Gasteiger partial charge is 0.231 e. The molecule has 0 fully saturated rings. The van der Waals surface area contributed by atoms with E-state index in [2.05, 4.69) is 0 Å². The van der Waals surface area contributed by atoms with Crippen LogP contribution < -0.4 is 17.2 Å². The zero-order chi connectivity index (χ0) is 15.3. The fourth-order valence-electron chi connectivity index (χ4n) is 1.88. The summed E-state index contributed by atoms with van der Waals surface area (Å²) in [5, 5.41) is 0. The molecule has 6 nitrogen and oxygen atoms in total. The SMILES string of the molecule is Cc1cc(C(N)=S)ccc1CN(CC(N)=O)CC(N)=O. The van der Waals surface area contributed by atoms with Crippen LogP contribution in [0.3, 0.4) is 0 Å². The van der Waals surface area contributed by atoms with E-state index in [9.17, 15) is 9.59 Å². The summed E-state index contributed by atoms with van der Waals surface area (Å²) < 4.78 is 0. The third-order valence-corrected chi connectivity index (χ3v) is 3.02. The summed E-state index contributed by atoms with van der Waals surface area (Å²) in [6.07, 6.45) is 0. The van der Waals surface area contributed by atoms with E-state index in [1.165, 1.54) is 0 Å². The fraction of sp³-hybridized carbons (Fsp3) is 0.308. The number of benzene rings is 1. The highest BCUT2D eigenvalue weighted by Crippen LogP contribution is 2.13. The molecule has 0 saturated heterocycles. The van der Waals surface area contributed by atoms with Crippen LogP contribution in [0.2, 0.25) is 0 Å². The molecule has 0 aliphatic heterocycles. The van der Waals surface area contributed by atoms with Gasteiger partial charge in [-0.2, -0.15) is 0 Å². The summed E-state index contributed by atoms with van der Waals surface area (Å²) in [5.41, 5.74) is 18.6. The number of carbonyl (C=O) groups excluding carboxylic acids is 2. The summed E-state index contributed by atoms with van der Waals surface area (Å²) >= 11 is 4.91. The van der Waals surface area contributed by atoms with Gasteiger partial charge in [0, 0.05) is 12.1 Å². The Balaban J connectivity index is 2.90. The normalized spacial score (nSPS) is 10.5. The number of carbonyl (C=O) groups is 2. The molecule has 2 amide bonds. The largest absolute Gasteiger partial charge is 0.389 e. The van der Waals surface area contributed by atoms with Gasteiger partial charge in [0.25, 0.3) is 0 Å². The number of rotatable bonds is 7. The van der Waals surface area contributed by atoms with Gasteiger partial charge >= 0.3 is 0 Å². The highest BCUT2D eigenvalue weighted by atomic mass is 32.1. The molecule has 1 rings (SSSR count). The van der Waals surface area contributed by atoms with E-state index in [1.54, 1.807) is 11.0 Å². The minimum atomic E-state index is -0.511. The van der Waals surface area contributed by atoms with Gasteiger partial charge in [-0.3, -0.25) is 14.5 Å². The molecular weight excluding hydrogens is 276 g/mol. The number of thiocarbonyl (C=S) groups is 1. The number of hydrogen-bond donors (Lipinski definition) is 3. The average Bonchev–Trinajstić information content (AvgIpc) is 2.29. The van der Waals surface area contributed by atoms with Crippen LogP contribution in [0.5, 0.6) is 0 Å². The zero-order valence-electron chi connectivity index (χ0n) is 11.3. The van der Waals surface area contributed by atoms with E-state index in [4.69, 9.17) is 29.4 Å². The van der Waals surface area contributed by atoms with Crippen LogP contribution in [0.25, 0.3) is 0 Å². The molecule has 0 aliphatic carbocycles. The predicted molar refractivity (Wildman–Crippen MR) is 80.7 cm³/mol. The maximum absolute atomic E-state index is 11.0. The van der Waals surface area contributed by atoms with Crippen molar-refractivity contribution < 1.29 is 9.59 Å². The van der Waals surface area contributed by atoms with Gasteiger partial charge in [-0.15, -0.1) is 0 Å². The lowest BCUT2D eigenvalue weighted by Gasteiger charge is -2.20. The first kappa shape index (κ1) is 16.1. The van der Waals surface area contributed by atoms with E-state index in [1.807, 2.05) is 19.1 Å². The van der Waals surface area contributed by atoms with Crippen LogP contribution in [0.1, 0.15) is 16.7 Å². The topological polar surface area (TPSA) is 115 Å². The summed E-state index contributed by atoms with van der Waals surface area (Å²) in [7, 11) is 0. The molecule has 0 saturated carbocycles. The van der Waals surface area contributed by atoms with Gasteiger partial charge in [0.2, 0.25) is 11.8 Å². The Kier molecular flexibility index (Phi) is 5.60. The molecule has 1 aromatic rings. The molecule has 20 heavy (non-hydrogen) atoms. The monoisotopic (exact) mass is 294 g/mol. The van der Waals surface area contributed by atoms with Crippen molar-refractivity contribution >= 4 is 29.0 Å². The highest BCUT2D eigenvalue weighted by Gasteiger charge is 2.13. The maximum Gasteiger partial charge on any atom is 0.231 e. The molecule has 6 N–H and O–H groups in total. The standard InChI is InChI=1S/C13H18N4O2S/c1-8-4-9(13(16)20)2-3-10(8)5-17(6-11(14)18)7-12(15)19/h2-4H,5-7H2,1H3,(H2,14,18)(H2,15,19)(H2,16,20). The van der Waals surface area contributed by atoms with Gasteiger partial charge in [-0.25, -0.2) is 0 Å². The molecular formula is C13H18N4O2S. The lowest BCUT2D eigenvalue weighted by atomic mass is 10.0. The zero-order valence-corrected chi connectivity index (χ0v) is 12.1. The Morgan fingerprint density at radius 3 is 2.10 bits per heavy atom.